The van der Waals surface area contributed by atoms with Gasteiger partial charge in [-0.2, -0.15) is 0 Å². The Morgan fingerprint density at radius 2 is 1.77 bits per heavy atom. The van der Waals surface area contributed by atoms with Gasteiger partial charge in [0.2, 0.25) is 5.91 Å². The third kappa shape index (κ3) is 5.00. The van der Waals surface area contributed by atoms with Crippen LogP contribution in [0.5, 0.6) is 5.75 Å². The third-order valence-corrected chi connectivity index (χ3v) is 6.56. The molecule has 3 aliphatic rings. The second-order valence-electron chi connectivity index (χ2n) is 8.61. The van der Waals surface area contributed by atoms with Crippen LogP contribution < -0.4 is 4.74 Å². The van der Waals surface area contributed by atoms with E-state index in [2.05, 4.69) is 23.4 Å². The quantitative estimate of drug-likeness (QED) is 0.554. The maximum absolute atomic E-state index is 12.5. The molecule has 2 aliphatic heterocycles. The molecule has 2 fully saturated rings. The molecule has 8 nitrogen and oxygen atoms in total. The van der Waals surface area contributed by atoms with Crippen molar-refractivity contribution in [2.24, 2.45) is 17.0 Å². The molecule has 0 spiro atoms. The van der Waals surface area contributed by atoms with Crippen LogP contribution in [-0.2, 0) is 4.79 Å². The zero-order chi connectivity index (χ0) is 21.8. The fraction of sp³-hybridized carbons (Fsp3) is 0.522. The largest absolute Gasteiger partial charge is 0.493 e. The number of likely N-dealkylation sites (tertiary alicyclic amines) is 2. The maximum Gasteiger partial charge on any atom is 0.407 e. The van der Waals surface area contributed by atoms with E-state index in [0.717, 1.165) is 43.4 Å². The molecule has 1 aromatic rings. The van der Waals surface area contributed by atoms with Gasteiger partial charge >= 0.3 is 6.09 Å². The lowest BCUT2D eigenvalue weighted by molar-refractivity contribution is -0.135. The Morgan fingerprint density at radius 1 is 1.06 bits per heavy atom. The lowest BCUT2D eigenvalue weighted by Crippen LogP contribution is -2.52. The van der Waals surface area contributed by atoms with Gasteiger partial charge in [0.05, 0.1) is 25.4 Å². The summed E-state index contributed by atoms with van der Waals surface area (Å²) in [6.45, 7) is 2.66. The molecular weight excluding hydrogens is 398 g/mol. The van der Waals surface area contributed by atoms with E-state index >= 15 is 0 Å². The van der Waals surface area contributed by atoms with E-state index in [1.165, 1.54) is 10.5 Å². The molecule has 8 heteroatoms. The van der Waals surface area contributed by atoms with Gasteiger partial charge in [0.15, 0.2) is 0 Å². The van der Waals surface area contributed by atoms with Crippen molar-refractivity contribution in [3.63, 3.8) is 0 Å². The topological polar surface area (TPSA) is 103 Å². The van der Waals surface area contributed by atoms with Crippen LogP contribution in [0.15, 0.2) is 35.5 Å². The first-order valence-electron chi connectivity index (χ1n) is 10.9. The van der Waals surface area contributed by atoms with Crippen molar-refractivity contribution >= 4 is 23.3 Å². The zero-order valence-electron chi connectivity index (χ0n) is 17.6. The Hall–Kier alpha value is -3.03. The van der Waals surface area contributed by atoms with Crippen LogP contribution >= 0.6 is 0 Å². The van der Waals surface area contributed by atoms with Crippen molar-refractivity contribution in [3.05, 3.63) is 35.9 Å². The van der Waals surface area contributed by atoms with E-state index in [1.54, 1.807) is 4.90 Å². The second kappa shape index (κ2) is 9.41. The van der Waals surface area contributed by atoms with Crippen LogP contribution in [0.2, 0.25) is 0 Å². The van der Waals surface area contributed by atoms with E-state index in [4.69, 9.17) is 15.1 Å². The summed E-state index contributed by atoms with van der Waals surface area (Å²) >= 11 is 0. The molecule has 0 radical (unpaired) electrons. The first-order valence-corrected chi connectivity index (χ1v) is 10.9. The van der Waals surface area contributed by atoms with Crippen LogP contribution in [0, 0.1) is 11.8 Å². The molecule has 1 aliphatic carbocycles. The fourth-order valence-electron chi connectivity index (χ4n) is 4.46. The number of carboxylic acid groups (broad SMARTS) is 1. The molecule has 0 saturated carbocycles. The number of hydrogen-bond donors (Lipinski definition) is 2. The van der Waals surface area contributed by atoms with Gasteiger partial charge in [0.25, 0.3) is 0 Å². The highest BCUT2D eigenvalue weighted by atomic mass is 16.5. The minimum atomic E-state index is -0.839. The van der Waals surface area contributed by atoms with Gasteiger partial charge in [-0.25, -0.2) is 4.79 Å². The summed E-state index contributed by atoms with van der Waals surface area (Å²) in [6, 6.07) is 8.09. The molecule has 2 heterocycles. The van der Waals surface area contributed by atoms with Gasteiger partial charge < -0.3 is 24.9 Å². The van der Waals surface area contributed by atoms with Crippen molar-refractivity contribution in [1.29, 1.82) is 0 Å². The molecule has 4 rings (SSSR count). The molecule has 1 aromatic carbocycles. The van der Waals surface area contributed by atoms with Gasteiger partial charge in [0.1, 0.15) is 5.75 Å². The number of amides is 2. The first-order chi connectivity index (χ1) is 15.0. The van der Waals surface area contributed by atoms with Crippen molar-refractivity contribution < 1.29 is 24.6 Å². The normalized spacial score (nSPS) is 21.9. The summed E-state index contributed by atoms with van der Waals surface area (Å²) in [5.74, 6) is 1.38. The average molecular weight is 428 g/mol. The number of carbonyl (C=O) groups is 2. The van der Waals surface area contributed by atoms with Crippen LogP contribution in [0.25, 0.3) is 5.57 Å². The smallest absolute Gasteiger partial charge is 0.407 e. The minimum Gasteiger partial charge on any atom is -0.493 e. The SMILES string of the molecule is O=C(O)N1CCC(COc2ccc(C3=CCC(C(=O)N4CC(=NO)C4)CC3)cc2)CC1. The molecule has 1 unspecified atom stereocenters. The van der Waals surface area contributed by atoms with Crippen molar-refractivity contribution in [2.75, 3.05) is 32.8 Å². The average Bonchev–Trinajstić information content (AvgIpc) is 2.77. The number of nitrogens with zero attached hydrogens (tertiary/aromatic N) is 3. The van der Waals surface area contributed by atoms with Crippen molar-refractivity contribution in [2.45, 2.75) is 32.1 Å². The van der Waals surface area contributed by atoms with Gasteiger partial charge in [-0.05, 0) is 61.3 Å². The minimum absolute atomic E-state index is 0.0131. The van der Waals surface area contributed by atoms with Crippen molar-refractivity contribution in [3.8, 4) is 5.75 Å². The number of ether oxygens (including phenoxy) is 1. The van der Waals surface area contributed by atoms with E-state index < -0.39 is 6.09 Å². The predicted octanol–water partition coefficient (Wildman–Crippen LogP) is 3.31. The number of piperidine rings is 1. The Balaban J connectivity index is 1.24. The highest BCUT2D eigenvalue weighted by molar-refractivity contribution is 6.00. The van der Waals surface area contributed by atoms with Crippen LogP contribution in [0.1, 0.15) is 37.7 Å². The molecule has 1 atom stereocenters. The van der Waals surface area contributed by atoms with Crippen LogP contribution in [0.3, 0.4) is 0 Å². The highest BCUT2D eigenvalue weighted by Gasteiger charge is 2.33. The van der Waals surface area contributed by atoms with Gasteiger partial charge in [0, 0.05) is 19.0 Å². The summed E-state index contributed by atoms with van der Waals surface area (Å²) < 4.78 is 5.93. The monoisotopic (exact) mass is 427 g/mol. The van der Waals surface area contributed by atoms with E-state index in [9.17, 15) is 9.59 Å². The Labute approximate surface area is 181 Å². The summed E-state index contributed by atoms with van der Waals surface area (Å²) in [7, 11) is 0. The summed E-state index contributed by atoms with van der Waals surface area (Å²) in [5, 5.41) is 20.9. The third-order valence-electron chi connectivity index (χ3n) is 6.56. The molecule has 2 amide bonds. The van der Waals surface area contributed by atoms with E-state index in [0.29, 0.717) is 44.4 Å². The summed E-state index contributed by atoms with van der Waals surface area (Å²) in [5.41, 5.74) is 3.08. The second-order valence-corrected chi connectivity index (χ2v) is 8.61. The highest BCUT2D eigenvalue weighted by Crippen LogP contribution is 2.32. The maximum atomic E-state index is 12.5. The Kier molecular flexibility index (Phi) is 6.44. The van der Waals surface area contributed by atoms with Gasteiger partial charge in [-0.1, -0.05) is 23.4 Å². The predicted molar refractivity (Wildman–Crippen MR) is 115 cm³/mol. The molecule has 0 aromatic heterocycles. The lowest BCUT2D eigenvalue weighted by atomic mass is 9.85. The van der Waals surface area contributed by atoms with E-state index in [-0.39, 0.29) is 11.8 Å². The molecule has 31 heavy (non-hydrogen) atoms. The summed E-state index contributed by atoms with van der Waals surface area (Å²) in [6.07, 6.45) is 5.44. The van der Waals surface area contributed by atoms with Crippen LogP contribution in [0.4, 0.5) is 4.79 Å². The lowest BCUT2D eigenvalue weighted by Gasteiger charge is -2.35. The number of hydrogen-bond acceptors (Lipinski definition) is 5. The molecule has 2 N–H and O–H groups in total. The standard InChI is InChI=1S/C23H29N3O5/c27-22(26-13-20(14-26)24-30)19-3-1-17(2-4-19)18-5-7-21(8-6-18)31-15-16-9-11-25(12-10-16)23(28)29/h1,5-8,16,19,30H,2-4,9-15H2,(H,28,29). The van der Waals surface area contributed by atoms with Crippen LogP contribution in [-0.4, -0.2) is 70.6 Å². The number of allylic oxidation sites excluding steroid dienone is 2. The van der Waals surface area contributed by atoms with Gasteiger partial charge in [-0.3, -0.25) is 4.79 Å². The number of carbonyl (C=O) groups excluding carboxylic acids is 1. The molecule has 0 bridgehead atoms. The zero-order valence-corrected chi connectivity index (χ0v) is 17.6. The van der Waals surface area contributed by atoms with E-state index in [1.807, 2.05) is 12.1 Å². The number of benzene rings is 1. The first kappa shape index (κ1) is 21.2. The molecule has 2 saturated heterocycles. The Morgan fingerprint density at radius 3 is 2.35 bits per heavy atom. The summed E-state index contributed by atoms with van der Waals surface area (Å²) in [4.78, 5) is 26.7. The fourth-order valence-corrected chi connectivity index (χ4v) is 4.46. The van der Waals surface area contributed by atoms with Crippen molar-refractivity contribution in [1.82, 2.24) is 9.80 Å². The molecular formula is C23H29N3O5. The molecule has 166 valence electrons. The Bertz CT molecular complexity index is 864. The number of oxime groups is 1. The number of rotatable bonds is 5. The van der Waals surface area contributed by atoms with Gasteiger partial charge in [-0.15, -0.1) is 0 Å².